The van der Waals surface area contributed by atoms with Gasteiger partial charge in [-0.15, -0.1) is 0 Å². The van der Waals surface area contributed by atoms with Crippen molar-refractivity contribution in [2.75, 3.05) is 45.8 Å². The van der Waals surface area contributed by atoms with Crippen LogP contribution in [0.1, 0.15) is 44.7 Å². The molecular formula is C22H33BrN4O2. The molecule has 2 aliphatic heterocycles. The second kappa shape index (κ2) is 10.5. The Morgan fingerprint density at radius 1 is 1.03 bits per heavy atom. The summed E-state index contributed by atoms with van der Waals surface area (Å²) < 4.78 is 1.03. The molecule has 3 rings (SSSR count). The van der Waals surface area contributed by atoms with Gasteiger partial charge in [-0.1, -0.05) is 28.1 Å². The summed E-state index contributed by atoms with van der Waals surface area (Å²) in [5.41, 5.74) is 1.09. The van der Waals surface area contributed by atoms with Gasteiger partial charge in [0.2, 0.25) is 11.8 Å². The second-order valence-electron chi connectivity index (χ2n) is 8.32. The van der Waals surface area contributed by atoms with Crippen molar-refractivity contribution in [3.8, 4) is 0 Å². The lowest BCUT2D eigenvalue weighted by atomic mass is 10.0. The van der Waals surface area contributed by atoms with Gasteiger partial charge in [-0.05, 0) is 50.8 Å². The molecule has 0 saturated carbocycles. The smallest absolute Gasteiger partial charge is 0.236 e. The molecule has 0 aliphatic carbocycles. The number of rotatable bonds is 6. The van der Waals surface area contributed by atoms with E-state index in [0.717, 1.165) is 55.6 Å². The summed E-state index contributed by atoms with van der Waals surface area (Å²) in [6.07, 6.45) is 3.47. The molecule has 2 saturated heterocycles. The minimum absolute atomic E-state index is 0.0129. The lowest BCUT2D eigenvalue weighted by Gasteiger charge is -2.38. The van der Waals surface area contributed by atoms with E-state index in [1.165, 1.54) is 6.42 Å². The van der Waals surface area contributed by atoms with Crippen LogP contribution >= 0.6 is 15.9 Å². The number of piperidine rings is 1. The molecule has 2 aliphatic rings. The van der Waals surface area contributed by atoms with Crippen molar-refractivity contribution < 1.29 is 9.59 Å². The molecule has 1 N–H and O–H groups in total. The maximum absolute atomic E-state index is 12.6. The Bertz CT molecular complexity index is 689. The summed E-state index contributed by atoms with van der Waals surface area (Å²) in [7, 11) is 0. The number of piperazine rings is 1. The van der Waals surface area contributed by atoms with Crippen molar-refractivity contribution in [3.63, 3.8) is 0 Å². The highest BCUT2D eigenvalue weighted by Crippen LogP contribution is 2.18. The number of hydrogen-bond donors (Lipinski definition) is 1. The SMILES string of the molecule is CC(NC(=O)CN1CCN(CC(=O)N2CCCCC2C)CC1)c1ccc(Br)cc1. The van der Waals surface area contributed by atoms with Crippen LogP contribution in [0, 0.1) is 0 Å². The summed E-state index contributed by atoms with van der Waals surface area (Å²) >= 11 is 3.43. The molecule has 2 fully saturated rings. The van der Waals surface area contributed by atoms with E-state index in [1.807, 2.05) is 36.1 Å². The number of benzene rings is 1. The maximum atomic E-state index is 12.6. The van der Waals surface area contributed by atoms with Gasteiger partial charge in [0, 0.05) is 43.2 Å². The van der Waals surface area contributed by atoms with Gasteiger partial charge in [-0.25, -0.2) is 0 Å². The van der Waals surface area contributed by atoms with Crippen molar-refractivity contribution in [2.24, 2.45) is 0 Å². The van der Waals surface area contributed by atoms with Crippen LogP contribution in [0.3, 0.4) is 0 Å². The third kappa shape index (κ3) is 6.52. The summed E-state index contributed by atoms with van der Waals surface area (Å²) in [6, 6.07) is 8.38. The first-order chi connectivity index (χ1) is 13.9. The Morgan fingerprint density at radius 3 is 2.28 bits per heavy atom. The van der Waals surface area contributed by atoms with E-state index in [2.05, 4.69) is 38.0 Å². The minimum Gasteiger partial charge on any atom is -0.348 e. The molecule has 0 bridgehead atoms. The summed E-state index contributed by atoms with van der Waals surface area (Å²) in [5.74, 6) is 0.304. The summed E-state index contributed by atoms with van der Waals surface area (Å²) in [6.45, 7) is 9.29. The van der Waals surface area contributed by atoms with Crippen LogP contribution in [0.2, 0.25) is 0 Å². The molecule has 1 aromatic rings. The average molecular weight is 465 g/mol. The van der Waals surface area contributed by atoms with Gasteiger partial charge >= 0.3 is 0 Å². The molecule has 2 heterocycles. The van der Waals surface area contributed by atoms with E-state index in [0.29, 0.717) is 19.1 Å². The van der Waals surface area contributed by atoms with E-state index >= 15 is 0 Å². The van der Waals surface area contributed by atoms with Crippen LogP contribution < -0.4 is 5.32 Å². The highest BCUT2D eigenvalue weighted by molar-refractivity contribution is 9.10. The van der Waals surface area contributed by atoms with E-state index in [-0.39, 0.29) is 17.9 Å². The van der Waals surface area contributed by atoms with Gasteiger partial charge in [0.1, 0.15) is 0 Å². The Hall–Kier alpha value is -1.44. The Kier molecular flexibility index (Phi) is 8.09. The quantitative estimate of drug-likeness (QED) is 0.702. The number of carbonyl (C=O) groups excluding carboxylic acids is 2. The molecule has 2 atom stereocenters. The van der Waals surface area contributed by atoms with E-state index < -0.39 is 0 Å². The third-order valence-electron chi connectivity index (χ3n) is 6.06. The van der Waals surface area contributed by atoms with Crippen LogP contribution in [0.4, 0.5) is 0 Å². The number of halogens is 1. The molecule has 160 valence electrons. The van der Waals surface area contributed by atoms with Crippen molar-refractivity contribution in [2.45, 2.75) is 45.2 Å². The predicted octanol–water partition coefficient (Wildman–Crippen LogP) is 2.64. The van der Waals surface area contributed by atoms with Gasteiger partial charge in [-0.2, -0.15) is 0 Å². The lowest BCUT2D eigenvalue weighted by molar-refractivity contribution is -0.136. The van der Waals surface area contributed by atoms with Gasteiger partial charge in [-0.3, -0.25) is 19.4 Å². The minimum atomic E-state index is -0.0129. The highest BCUT2D eigenvalue weighted by Gasteiger charge is 2.26. The van der Waals surface area contributed by atoms with E-state index in [1.54, 1.807) is 0 Å². The van der Waals surface area contributed by atoms with Crippen LogP contribution in [0.15, 0.2) is 28.7 Å². The number of amides is 2. The number of carbonyl (C=O) groups is 2. The molecular weight excluding hydrogens is 432 g/mol. The lowest BCUT2D eigenvalue weighted by Crippen LogP contribution is -2.53. The van der Waals surface area contributed by atoms with E-state index in [4.69, 9.17) is 0 Å². The first-order valence-corrected chi connectivity index (χ1v) is 11.5. The molecule has 0 spiro atoms. The first-order valence-electron chi connectivity index (χ1n) is 10.7. The highest BCUT2D eigenvalue weighted by atomic mass is 79.9. The molecule has 0 radical (unpaired) electrons. The Labute approximate surface area is 182 Å². The van der Waals surface area contributed by atoms with Crippen molar-refractivity contribution in [3.05, 3.63) is 34.3 Å². The molecule has 7 heteroatoms. The third-order valence-corrected chi connectivity index (χ3v) is 6.59. The Balaban J connectivity index is 1.38. The fourth-order valence-electron chi connectivity index (χ4n) is 4.18. The average Bonchev–Trinajstić information content (AvgIpc) is 2.70. The van der Waals surface area contributed by atoms with Gasteiger partial charge in [0.15, 0.2) is 0 Å². The molecule has 29 heavy (non-hydrogen) atoms. The number of hydrogen-bond acceptors (Lipinski definition) is 4. The largest absolute Gasteiger partial charge is 0.348 e. The number of nitrogens with zero attached hydrogens (tertiary/aromatic N) is 3. The van der Waals surface area contributed by atoms with Gasteiger partial charge in [0.05, 0.1) is 19.1 Å². The molecule has 2 amide bonds. The standard InChI is InChI=1S/C22H33BrN4O2/c1-17-5-3-4-10-27(17)22(29)16-26-13-11-25(12-14-26)15-21(28)24-18(2)19-6-8-20(23)9-7-19/h6-9,17-18H,3-5,10-16H2,1-2H3,(H,24,28). The molecule has 0 aromatic heterocycles. The normalized spacial score (nSPS) is 22.3. The maximum Gasteiger partial charge on any atom is 0.236 e. The fourth-order valence-corrected chi connectivity index (χ4v) is 4.45. The van der Waals surface area contributed by atoms with Crippen LogP contribution in [-0.4, -0.2) is 78.4 Å². The molecule has 6 nitrogen and oxygen atoms in total. The van der Waals surface area contributed by atoms with Crippen LogP contribution in [0.25, 0.3) is 0 Å². The summed E-state index contributed by atoms with van der Waals surface area (Å²) in [4.78, 5) is 31.5. The zero-order valence-corrected chi connectivity index (χ0v) is 19.2. The van der Waals surface area contributed by atoms with Crippen molar-refractivity contribution in [1.29, 1.82) is 0 Å². The fraction of sp³-hybridized carbons (Fsp3) is 0.636. The Morgan fingerprint density at radius 2 is 1.66 bits per heavy atom. The number of nitrogens with one attached hydrogen (secondary N) is 1. The molecule has 2 unspecified atom stereocenters. The topological polar surface area (TPSA) is 55.9 Å². The van der Waals surface area contributed by atoms with Gasteiger partial charge in [0.25, 0.3) is 0 Å². The molecule has 1 aromatic carbocycles. The monoisotopic (exact) mass is 464 g/mol. The van der Waals surface area contributed by atoms with Crippen molar-refractivity contribution in [1.82, 2.24) is 20.0 Å². The predicted molar refractivity (Wildman–Crippen MR) is 119 cm³/mol. The van der Waals surface area contributed by atoms with Crippen LogP contribution in [0.5, 0.6) is 0 Å². The van der Waals surface area contributed by atoms with Crippen LogP contribution in [-0.2, 0) is 9.59 Å². The summed E-state index contributed by atoms with van der Waals surface area (Å²) in [5, 5.41) is 3.08. The van der Waals surface area contributed by atoms with E-state index in [9.17, 15) is 9.59 Å². The van der Waals surface area contributed by atoms with Gasteiger partial charge < -0.3 is 10.2 Å². The zero-order valence-electron chi connectivity index (χ0n) is 17.6. The first kappa shape index (κ1) is 22.2. The zero-order chi connectivity index (χ0) is 20.8. The number of likely N-dealkylation sites (tertiary alicyclic amines) is 1. The van der Waals surface area contributed by atoms with Crippen molar-refractivity contribution >= 4 is 27.7 Å². The second-order valence-corrected chi connectivity index (χ2v) is 9.24.